The molecule has 2 fully saturated rings. The molecule has 0 radical (unpaired) electrons. The Balaban J connectivity index is 1.67. The molecule has 2 aliphatic rings. The lowest BCUT2D eigenvalue weighted by Crippen LogP contribution is -2.43. The van der Waals surface area contributed by atoms with Crippen molar-refractivity contribution >= 4 is 23.9 Å². The fourth-order valence-corrected chi connectivity index (χ4v) is 3.14. The first kappa shape index (κ1) is 18.0. The maximum atomic E-state index is 12.5. The second-order valence-electron chi connectivity index (χ2n) is 6.45. The zero-order chi connectivity index (χ0) is 18.5. The lowest BCUT2D eigenvalue weighted by molar-refractivity contribution is -0.135. The van der Waals surface area contributed by atoms with Gasteiger partial charge in [-0.1, -0.05) is 25.0 Å². The second kappa shape index (κ2) is 8.03. The van der Waals surface area contributed by atoms with E-state index in [1.807, 2.05) is 0 Å². The van der Waals surface area contributed by atoms with Gasteiger partial charge in [0.2, 0.25) is 5.91 Å². The van der Waals surface area contributed by atoms with Gasteiger partial charge in [-0.3, -0.25) is 9.59 Å². The van der Waals surface area contributed by atoms with Gasteiger partial charge in [0, 0.05) is 13.1 Å². The average Bonchev–Trinajstić information content (AvgIpc) is 2.86. The fourth-order valence-electron chi connectivity index (χ4n) is 3.14. The SMILES string of the molecule is COc1ccc(/C=C2\NC(=O)N(CC(=O)N3CCCCCC3)C2=O)cc1. The van der Waals surface area contributed by atoms with E-state index in [0.717, 1.165) is 36.1 Å². The third kappa shape index (κ3) is 4.04. The van der Waals surface area contributed by atoms with Crippen molar-refractivity contribution in [1.29, 1.82) is 0 Å². The molecule has 0 saturated carbocycles. The molecule has 2 aliphatic heterocycles. The third-order valence-electron chi connectivity index (χ3n) is 4.64. The van der Waals surface area contributed by atoms with E-state index < -0.39 is 11.9 Å². The molecule has 2 heterocycles. The van der Waals surface area contributed by atoms with Gasteiger partial charge in [0.1, 0.15) is 18.0 Å². The van der Waals surface area contributed by atoms with E-state index in [-0.39, 0.29) is 18.1 Å². The van der Waals surface area contributed by atoms with Crippen LogP contribution in [0.3, 0.4) is 0 Å². The number of carbonyl (C=O) groups is 3. The van der Waals surface area contributed by atoms with Gasteiger partial charge in [0.05, 0.1) is 7.11 Å². The van der Waals surface area contributed by atoms with Crippen molar-refractivity contribution in [3.8, 4) is 5.75 Å². The molecule has 1 N–H and O–H groups in total. The molecule has 0 atom stereocenters. The van der Waals surface area contributed by atoms with Crippen LogP contribution in [0.25, 0.3) is 6.08 Å². The Morgan fingerprint density at radius 1 is 1.12 bits per heavy atom. The van der Waals surface area contributed by atoms with Gasteiger partial charge in [0.15, 0.2) is 0 Å². The van der Waals surface area contributed by atoms with Gasteiger partial charge in [-0.2, -0.15) is 0 Å². The zero-order valence-corrected chi connectivity index (χ0v) is 14.9. The number of carbonyl (C=O) groups excluding carboxylic acids is 3. The summed E-state index contributed by atoms with van der Waals surface area (Å²) in [6, 6.07) is 6.56. The Bertz CT molecular complexity index is 719. The molecule has 0 unspecified atom stereocenters. The molecule has 26 heavy (non-hydrogen) atoms. The molecule has 7 nitrogen and oxygen atoms in total. The number of rotatable bonds is 4. The van der Waals surface area contributed by atoms with Crippen LogP contribution in [0.1, 0.15) is 31.2 Å². The highest BCUT2D eigenvalue weighted by Crippen LogP contribution is 2.17. The molecule has 4 amide bonds. The standard InChI is InChI=1S/C19H23N3O4/c1-26-15-8-6-14(7-9-15)12-16-18(24)22(19(25)20-16)13-17(23)21-10-4-2-3-5-11-21/h6-9,12H,2-5,10-11,13H2,1H3,(H,20,25)/b16-12-. The summed E-state index contributed by atoms with van der Waals surface area (Å²) in [6.07, 6.45) is 5.75. The number of nitrogens with one attached hydrogen (secondary N) is 1. The monoisotopic (exact) mass is 357 g/mol. The maximum Gasteiger partial charge on any atom is 0.329 e. The van der Waals surface area contributed by atoms with Crippen molar-refractivity contribution < 1.29 is 19.1 Å². The minimum absolute atomic E-state index is 0.170. The fraction of sp³-hybridized carbons (Fsp3) is 0.421. The molecule has 1 aromatic carbocycles. The summed E-state index contributed by atoms with van der Waals surface area (Å²) in [5.74, 6) is 0.0497. The molecule has 0 spiro atoms. The summed E-state index contributed by atoms with van der Waals surface area (Å²) >= 11 is 0. The van der Waals surface area contributed by atoms with Gasteiger partial charge in [0.25, 0.3) is 5.91 Å². The molecule has 7 heteroatoms. The van der Waals surface area contributed by atoms with Crippen LogP contribution in [0.2, 0.25) is 0 Å². The molecule has 1 aromatic rings. The molecule has 0 aromatic heterocycles. The number of amides is 4. The molecular weight excluding hydrogens is 334 g/mol. The van der Waals surface area contributed by atoms with Crippen molar-refractivity contribution in [1.82, 2.24) is 15.1 Å². The molecule has 0 bridgehead atoms. The number of hydrogen-bond acceptors (Lipinski definition) is 4. The van der Waals surface area contributed by atoms with E-state index in [1.165, 1.54) is 0 Å². The summed E-state index contributed by atoms with van der Waals surface area (Å²) in [4.78, 5) is 39.8. The van der Waals surface area contributed by atoms with E-state index in [4.69, 9.17) is 4.74 Å². The lowest BCUT2D eigenvalue weighted by Gasteiger charge is -2.22. The van der Waals surface area contributed by atoms with Crippen LogP contribution in [-0.2, 0) is 9.59 Å². The summed E-state index contributed by atoms with van der Waals surface area (Å²) in [5.41, 5.74) is 0.930. The highest BCUT2D eigenvalue weighted by atomic mass is 16.5. The largest absolute Gasteiger partial charge is 0.497 e. The van der Waals surface area contributed by atoms with Crippen LogP contribution in [0.4, 0.5) is 4.79 Å². The van der Waals surface area contributed by atoms with Crippen LogP contribution in [0.5, 0.6) is 5.75 Å². The van der Waals surface area contributed by atoms with E-state index >= 15 is 0 Å². The molecule has 3 rings (SSSR count). The Morgan fingerprint density at radius 3 is 2.38 bits per heavy atom. The van der Waals surface area contributed by atoms with Crippen molar-refractivity contribution in [2.24, 2.45) is 0 Å². The van der Waals surface area contributed by atoms with Crippen molar-refractivity contribution in [2.75, 3.05) is 26.7 Å². The van der Waals surface area contributed by atoms with Crippen molar-refractivity contribution in [2.45, 2.75) is 25.7 Å². The average molecular weight is 357 g/mol. The lowest BCUT2D eigenvalue weighted by atomic mass is 10.2. The van der Waals surface area contributed by atoms with E-state index in [1.54, 1.807) is 42.4 Å². The molecular formula is C19H23N3O4. The summed E-state index contributed by atoms with van der Waals surface area (Å²) in [5, 5.41) is 2.55. The third-order valence-corrected chi connectivity index (χ3v) is 4.64. The van der Waals surface area contributed by atoms with Gasteiger partial charge in [-0.05, 0) is 36.6 Å². The minimum atomic E-state index is -0.557. The number of likely N-dealkylation sites (tertiary alicyclic amines) is 1. The molecule has 2 saturated heterocycles. The van der Waals surface area contributed by atoms with E-state index in [0.29, 0.717) is 18.8 Å². The van der Waals surface area contributed by atoms with Gasteiger partial charge in [-0.15, -0.1) is 0 Å². The van der Waals surface area contributed by atoms with Crippen LogP contribution < -0.4 is 10.1 Å². The number of benzene rings is 1. The number of ether oxygens (including phenoxy) is 1. The first-order valence-electron chi connectivity index (χ1n) is 8.85. The number of imide groups is 1. The maximum absolute atomic E-state index is 12.5. The normalized spacial score (nSPS) is 19.5. The number of nitrogens with zero attached hydrogens (tertiary/aromatic N) is 2. The second-order valence-corrected chi connectivity index (χ2v) is 6.45. The number of hydrogen-bond donors (Lipinski definition) is 1. The van der Waals surface area contributed by atoms with E-state index in [2.05, 4.69) is 5.32 Å². The summed E-state index contributed by atoms with van der Waals surface area (Å²) in [7, 11) is 1.58. The van der Waals surface area contributed by atoms with Crippen LogP contribution in [0.15, 0.2) is 30.0 Å². The van der Waals surface area contributed by atoms with Crippen LogP contribution in [0, 0.1) is 0 Å². The minimum Gasteiger partial charge on any atom is -0.497 e. The number of urea groups is 1. The van der Waals surface area contributed by atoms with Crippen LogP contribution >= 0.6 is 0 Å². The highest BCUT2D eigenvalue weighted by molar-refractivity contribution is 6.15. The first-order valence-corrected chi connectivity index (χ1v) is 8.85. The predicted octanol–water partition coefficient (Wildman–Crippen LogP) is 1.99. The number of methoxy groups -OCH3 is 1. The van der Waals surface area contributed by atoms with E-state index in [9.17, 15) is 14.4 Å². The van der Waals surface area contributed by atoms with Gasteiger partial charge in [-0.25, -0.2) is 9.69 Å². The van der Waals surface area contributed by atoms with Gasteiger partial charge < -0.3 is 15.0 Å². The summed E-state index contributed by atoms with van der Waals surface area (Å²) < 4.78 is 5.10. The Hall–Kier alpha value is -2.83. The van der Waals surface area contributed by atoms with Crippen LogP contribution in [-0.4, -0.2) is 54.4 Å². The quantitative estimate of drug-likeness (QED) is 0.660. The first-order chi connectivity index (χ1) is 12.6. The molecule has 138 valence electrons. The predicted molar refractivity (Wildman–Crippen MR) is 96.3 cm³/mol. The topological polar surface area (TPSA) is 79.0 Å². The molecule has 0 aliphatic carbocycles. The van der Waals surface area contributed by atoms with Crippen molar-refractivity contribution in [3.63, 3.8) is 0 Å². The van der Waals surface area contributed by atoms with Gasteiger partial charge >= 0.3 is 6.03 Å². The summed E-state index contributed by atoms with van der Waals surface area (Å²) in [6.45, 7) is 1.17. The Kier molecular flexibility index (Phi) is 5.55. The highest BCUT2D eigenvalue weighted by Gasteiger charge is 2.35. The zero-order valence-electron chi connectivity index (χ0n) is 14.9. The Labute approximate surface area is 152 Å². The smallest absolute Gasteiger partial charge is 0.329 e. The van der Waals surface area contributed by atoms with Crippen molar-refractivity contribution in [3.05, 3.63) is 35.5 Å². The Morgan fingerprint density at radius 2 is 1.77 bits per heavy atom.